The molecule has 0 N–H and O–H groups in total. The van der Waals surface area contributed by atoms with Crippen LogP contribution in [0.15, 0.2) is 12.1 Å². The van der Waals surface area contributed by atoms with Gasteiger partial charge in [-0.3, -0.25) is 0 Å². The van der Waals surface area contributed by atoms with E-state index in [0.29, 0.717) is 19.8 Å². The van der Waals surface area contributed by atoms with Crippen molar-refractivity contribution in [2.45, 2.75) is 34.6 Å². The first kappa shape index (κ1) is 17.2. The number of methoxy groups -OCH3 is 1. The number of aryl methyl sites for hydroxylation is 2. The average Bonchev–Trinajstić information content (AvgIpc) is 2.42. The summed E-state index contributed by atoms with van der Waals surface area (Å²) in [5.74, 6) is 0.773. The number of benzene rings is 1. The van der Waals surface area contributed by atoms with Gasteiger partial charge in [0, 0.05) is 19.8 Å². The molecule has 1 aromatic rings. The van der Waals surface area contributed by atoms with Crippen LogP contribution in [0.1, 0.15) is 31.9 Å². The van der Waals surface area contributed by atoms with Crippen LogP contribution in [0.3, 0.4) is 0 Å². The molecule has 114 valence electrons. The highest BCUT2D eigenvalue weighted by Gasteiger charge is 2.46. The van der Waals surface area contributed by atoms with Gasteiger partial charge in [0.05, 0.1) is 12.3 Å². The third kappa shape index (κ3) is 3.61. The fraction of sp³-hybridized carbons (Fsp3) is 0.600. The van der Waals surface area contributed by atoms with Gasteiger partial charge in [0.25, 0.3) is 0 Å². The minimum Gasteiger partial charge on any atom is -0.497 e. The molecule has 4 nitrogen and oxygen atoms in total. The van der Waals surface area contributed by atoms with E-state index in [1.54, 1.807) is 7.11 Å². The Morgan fingerprint density at radius 3 is 1.70 bits per heavy atom. The Kier molecular flexibility index (Phi) is 6.68. The van der Waals surface area contributed by atoms with Crippen LogP contribution in [-0.4, -0.2) is 35.7 Å². The standard InChI is InChI=1S/C15H26O4Si/c1-7-17-20(18-8-2,19-9-3)15-11-13(5)12(4)10-14(15)16-6/h10-11H,7-9H2,1-6H3. The molecule has 0 aliphatic carbocycles. The highest BCUT2D eigenvalue weighted by molar-refractivity contribution is 6.76. The molecule has 0 unspecified atom stereocenters. The Balaban J connectivity index is 3.40. The predicted octanol–water partition coefficient (Wildman–Crippen LogP) is 2.57. The Bertz CT molecular complexity index is 417. The van der Waals surface area contributed by atoms with Crippen LogP contribution in [0.4, 0.5) is 0 Å². The number of rotatable bonds is 8. The first-order chi connectivity index (χ1) is 9.54. The van der Waals surface area contributed by atoms with Crippen LogP contribution >= 0.6 is 0 Å². The zero-order chi connectivity index (χ0) is 15.2. The van der Waals surface area contributed by atoms with Gasteiger partial charge in [0.2, 0.25) is 0 Å². The molecule has 0 spiro atoms. The van der Waals surface area contributed by atoms with Crippen molar-refractivity contribution in [3.8, 4) is 5.75 Å². The quantitative estimate of drug-likeness (QED) is 0.691. The van der Waals surface area contributed by atoms with E-state index in [0.717, 1.165) is 10.9 Å². The monoisotopic (exact) mass is 298 g/mol. The van der Waals surface area contributed by atoms with Gasteiger partial charge >= 0.3 is 8.80 Å². The van der Waals surface area contributed by atoms with E-state index in [2.05, 4.69) is 19.9 Å². The highest BCUT2D eigenvalue weighted by atomic mass is 28.4. The van der Waals surface area contributed by atoms with E-state index < -0.39 is 8.80 Å². The summed E-state index contributed by atoms with van der Waals surface area (Å²) in [5.41, 5.74) is 2.36. The van der Waals surface area contributed by atoms with Crippen LogP contribution in [0, 0.1) is 13.8 Å². The van der Waals surface area contributed by atoms with Crippen molar-refractivity contribution in [1.82, 2.24) is 0 Å². The topological polar surface area (TPSA) is 36.9 Å². The molecule has 5 heteroatoms. The Labute approximate surface area is 123 Å². The lowest BCUT2D eigenvalue weighted by molar-refractivity contribution is 0.0853. The zero-order valence-electron chi connectivity index (χ0n) is 13.4. The first-order valence-corrected chi connectivity index (χ1v) is 8.84. The maximum atomic E-state index is 5.95. The van der Waals surface area contributed by atoms with Gasteiger partial charge in [0.1, 0.15) is 5.75 Å². The van der Waals surface area contributed by atoms with Gasteiger partial charge in [-0.1, -0.05) is 0 Å². The zero-order valence-corrected chi connectivity index (χ0v) is 14.4. The first-order valence-electron chi connectivity index (χ1n) is 7.12. The summed E-state index contributed by atoms with van der Waals surface area (Å²) in [4.78, 5) is 0. The molecule has 0 aliphatic rings. The molecule has 0 aliphatic heterocycles. The van der Waals surface area contributed by atoms with Gasteiger partial charge in [-0.2, -0.15) is 0 Å². The molecular formula is C15H26O4Si. The summed E-state index contributed by atoms with van der Waals surface area (Å²) in [7, 11) is -1.25. The molecule has 0 saturated heterocycles. The molecule has 1 aromatic carbocycles. The van der Waals surface area contributed by atoms with Crippen molar-refractivity contribution >= 4 is 14.0 Å². The van der Waals surface area contributed by atoms with E-state index in [1.807, 2.05) is 26.8 Å². The van der Waals surface area contributed by atoms with Gasteiger partial charge in [0.15, 0.2) is 0 Å². The maximum absolute atomic E-state index is 5.95. The van der Waals surface area contributed by atoms with Gasteiger partial charge in [-0.15, -0.1) is 0 Å². The Morgan fingerprint density at radius 2 is 1.30 bits per heavy atom. The van der Waals surface area contributed by atoms with E-state index in [4.69, 9.17) is 18.0 Å². The fourth-order valence-corrected chi connectivity index (χ4v) is 4.85. The third-order valence-electron chi connectivity index (χ3n) is 3.15. The lowest BCUT2D eigenvalue weighted by Crippen LogP contribution is -2.57. The number of ether oxygens (including phenoxy) is 1. The average molecular weight is 298 g/mol. The fourth-order valence-electron chi connectivity index (χ4n) is 2.13. The van der Waals surface area contributed by atoms with E-state index >= 15 is 0 Å². The van der Waals surface area contributed by atoms with Crippen molar-refractivity contribution in [2.24, 2.45) is 0 Å². The normalized spacial score (nSPS) is 11.7. The molecule has 0 aromatic heterocycles. The summed E-state index contributed by atoms with van der Waals surface area (Å²) < 4.78 is 23.4. The molecule has 0 amide bonds. The minimum atomic E-state index is -2.92. The summed E-state index contributed by atoms with van der Waals surface area (Å²) >= 11 is 0. The van der Waals surface area contributed by atoms with Gasteiger partial charge in [-0.05, 0) is 57.9 Å². The Hall–Kier alpha value is -0.883. The van der Waals surface area contributed by atoms with Crippen molar-refractivity contribution < 1.29 is 18.0 Å². The SMILES string of the molecule is CCO[Si](OCC)(OCC)c1cc(C)c(C)cc1OC. The molecule has 0 bridgehead atoms. The predicted molar refractivity (Wildman–Crippen MR) is 82.7 cm³/mol. The minimum absolute atomic E-state index is 0.544. The largest absolute Gasteiger partial charge is 0.541 e. The highest BCUT2D eigenvalue weighted by Crippen LogP contribution is 2.21. The van der Waals surface area contributed by atoms with Crippen molar-refractivity contribution in [3.63, 3.8) is 0 Å². The van der Waals surface area contributed by atoms with Crippen molar-refractivity contribution in [2.75, 3.05) is 26.9 Å². The second kappa shape index (κ2) is 7.78. The summed E-state index contributed by atoms with van der Waals surface area (Å²) in [6, 6.07) is 4.09. The van der Waals surface area contributed by atoms with Gasteiger partial charge < -0.3 is 18.0 Å². The molecule has 0 heterocycles. The lowest BCUT2D eigenvalue weighted by atomic mass is 10.1. The van der Waals surface area contributed by atoms with Crippen LogP contribution in [-0.2, 0) is 13.3 Å². The maximum Gasteiger partial charge on any atom is 0.541 e. The molecular weight excluding hydrogens is 272 g/mol. The van der Waals surface area contributed by atoms with Gasteiger partial charge in [-0.25, -0.2) is 0 Å². The van der Waals surface area contributed by atoms with Crippen LogP contribution in [0.2, 0.25) is 0 Å². The van der Waals surface area contributed by atoms with Crippen LogP contribution in [0.5, 0.6) is 5.75 Å². The molecule has 1 rings (SSSR count). The van der Waals surface area contributed by atoms with Crippen LogP contribution < -0.4 is 9.92 Å². The Morgan fingerprint density at radius 1 is 0.850 bits per heavy atom. The van der Waals surface area contributed by atoms with E-state index in [9.17, 15) is 0 Å². The van der Waals surface area contributed by atoms with Crippen LogP contribution in [0.25, 0.3) is 0 Å². The van der Waals surface area contributed by atoms with E-state index in [-0.39, 0.29) is 0 Å². The van der Waals surface area contributed by atoms with Crippen molar-refractivity contribution in [3.05, 3.63) is 23.3 Å². The molecule has 0 saturated carbocycles. The lowest BCUT2D eigenvalue weighted by Gasteiger charge is -2.30. The molecule has 0 radical (unpaired) electrons. The summed E-state index contributed by atoms with van der Waals surface area (Å²) in [6.45, 7) is 11.6. The molecule has 20 heavy (non-hydrogen) atoms. The smallest absolute Gasteiger partial charge is 0.497 e. The third-order valence-corrected chi connectivity index (χ3v) is 6.21. The second-order valence-electron chi connectivity index (χ2n) is 4.49. The second-order valence-corrected chi connectivity index (χ2v) is 7.01. The number of hydrogen-bond donors (Lipinski definition) is 0. The number of hydrogen-bond acceptors (Lipinski definition) is 4. The molecule has 0 atom stereocenters. The summed E-state index contributed by atoms with van der Waals surface area (Å²) in [5, 5.41) is 0.911. The van der Waals surface area contributed by atoms with Crippen molar-refractivity contribution in [1.29, 1.82) is 0 Å². The molecule has 0 fully saturated rings. The summed E-state index contributed by atoms with van der Waals surface area (Å²) in [6.07, 6.45) is 0. The van der Waals surface area contributed by atoms with E-state index in [1.165, 1.54) is 11.1 Å².